The van der Waals surface area contributed by atoms with Crippen molar-refractivity contribution in [3.05, 3.63) is 23.2 Å². The van der Waals surface area contributed by atoms with Gasteiger partial charge < -0.3 is 11.1 Å². The topological polar surface area (TPSA) is 72.2 Å². The number of rotatable bonds is 4. The van der Waals surface area contributed by atoms with Crippen LogP contribution in [0.4, 0.5) is 5.69 Å². The van der Waals surface area contributed by atoms with Crippen molar-refractivity contribution in [2.45, 2.75) is 55.2 Å². The summed E-state index contributed by atoms with van der Waals surface area (Å²) in [5.41, 5.74) is 6.19. The van der Waals surface area contributed by atoms with E-state index < -0.39 is 16.0 Å². The third-order valence-electron chi connectivity index (χ3n) is 3.81. The molecule has 2 rings (SSSR count). The van der Waals surface area contributed by atoms with Crippen molar-refractivity contribution < 1.29 is 9.00 Å². The molecule has 0 radical (unpaired) electrons. The van der Waals surface area contributed by atoms with E-state index in [4.69, 9.17) is 17.3 Å². The van der Waals surface area contributed by atoms with Gasteiger partial charge in [-0.25, -0.2) is 0 Å². The van der Waals surface area contributed by atoms with Crippen molar-refractivity contribution in [2.75, 3.05) is 5.73 Å². The Kier molecular flexibility index (Phi) is 5.65. The van der Waals surface area contributed by atoms with E-state index in [1.54, 1.807) is 25.1 Å². The summed E-state index contributed by atoms with van der Waals surface area (Å²) in [6.45, 7) is 1.66. The van der Waals surface area contributed by atoms with Crippen molar-refractivity contribution in [2.24, 2.45) is 0 Å². The second kappa shape index (κ2) is 7.27. The van der Waals surface area contributed by atoms with Gasteiger partial charge in [0.25, 0.3) is 0 Å². The number of hydrogen-bond acceptors (Lipinski definition) is 3. The first kappa shape index (κ1) is 16.3. The molecule has 1 aliphatic rings. The molecule has 1 saturated carbocycles. The average Bonchev–Trinajstić information content (AvgIpc) is 2.49. The molecule has 21 heavy (non-hydrogen) atoms. The zero-order chi connectivity index (χ0) is 15.4. The molecule has 6 heteroatoms. The van der Waals surface area contributed by atoms with Crippen molar-refractivity contribution in [3.8, 4) is 0 Å². The maximum Gasteiger partial charge on any atom is 0.236 e. The van der Waals surface area contributed by atoms with Crippen molar-refractivity contribution in [3.63, 3.8) is 0 Å². The normalized spacial score (nSPS) is 19.0. The second-order valence-corrected chi connectivity index (χ2v) is 7.62. The molecule has 1 amide bonds. The van der Waals surface area contributed by atoms with E-state index in [-0.39, 0.29) is 11.9 Å². The highest BCUT2D eigenvalue weighted by molar-refractivity contribution is 7.86. The second-order valence-electron chi connectivity index (χ2n) is 5.47. The predicted octanol–water partition coefficient (Wildman–Crippen LogP) is 2.87. The van der Waals surface area contributed by atoms with Gasteiger partial charge in [0.05, 0.1) is 20.7 Å². The lowest BCUT2D eigenvalue weighted by Gasteiger charge is -2.24. The highest BCUT2D eigenvalue weighted by Gasteiger charge is 2.25. The van der Waals surface area contributed by atoms with Crippen molar-refractivity contribution >= 4 is 34.0 Å². The summed E-state index contributed by atoms with van der Waals surface area (Å²) < 4.78 is 12.5. The molecule has 0 aromatic heterocycles. The van der Waals surface area contributed by atoms with Crippen LogP contribution in [0.5, 0.6) is 0 Å². The monoisotopic (exact) mass is 328 g/mol. The van der Waals surface area contributed by atoms with Crippen molar-refractivity contribution in [1.82, 2.24) is 5.32 Å². The Balaban J connectivity index is 2.04. The van der Waals surface area contributed by atoms with Gasteiger partial charge in [-0.3, -0.25) is 9.00 Å². The van der Waals surface area contributed by atoms with E-state index >= 15 is 0 Å². The lowest BCUT2D eigenvalue weighted by molar-refractivity contribution is -0.121. The van der Waals surface area contributed by atoms with Crippen LogP contribution in [0.25, 0.3) is 0 Å². The fourth-order valence-corrected chi connectivity index (χ4v) is 4.03. The minimum absolute atomic E-state index is 0.182. The van der Waals surface area contributed by atoms with Gasteiger partial charge in [-0.1, -0.05) is 30.9 Å². The Morgan fingerprint density at radius 1 is 1.38 bits per heavy atom. The molecule has 1 fully saturated rings. The quantitative estimate of drug-likeness (QED) is 0.835. The van der Waals surface area contributed by atoms with Gasteiger partial charge in [0.15, 0.2) is 0 Å². The number of nitrogens with one attached hydrogen (secondary N) is 1. The maximum atomic E-state index is 12.5. The van der Waals surface area contributed by atoms with Gasteiger partial charge in [-0.05, 0) is 38.0 Å². The molecule has 1 aromatic rings. The first-order chi connectivity index (χ1) is 9.99. The fraction of sp³-hybridized carbons (Fsp3) is 0.533. The SMILES string of the molecule is CC(C(=O)NC1CCCCC1)S(=O)c1cc(N)ccc1Cl. The number of halogens is 1. The van der Waals surface area contributed by atoms with E-state index in [1.165, 1.54) is 6.42 Å². The molecule has 1 aromatic carbocycles. The summed E-state index contributed by atoms with van der Waals surface area (Å²) in [6, 6.07) is 5.04. The number of carbonyl (C=O) groups is 1. The molecule has 0 aliphatic heterocycles. The maximum absolute atomic E-state index is 12.5. The average molecular weight is 329 g/mol. The van der Waals surface area contributed by atoms with Gasteiger partial charge >= 0.3 is 0 Å². The molecule has 3 N–H and O–H groups in total. The van der Waals surface area contributed by atoms with Gasteiger partial charge in [0, 0.05) is 11.7 Å². The summed E-state index contributed by atoms with van der Waals surface area (Å²) >= 11 is 6.05. The van der Waals surface area contributed by atoms with Gasteiger partial charge in [-0.15, -0.1) is 0 Å². The summed E-state index contributed by atoms with van der Waals surface area (Å²) in [7, 11) is -1.51. The smallest absolute Gasteiger partial charge is 0.236 e. The molecular formula is C15H21ClN2O2S. The van der Waals surface area contributed by atoms with E-state index in [0.29, 0.717) is 15.6 Å². The van der Waals surface area contributed by atoms with Crippen LogP contribution in [-0.4, -0.2) is 21.4 Å². The first-order valence-electron chi connectivity index (χ1n) is 7.25. The minimum atomic E-state index is -1.51. The Morgan fingerprint density at radius 2 is 2.05 bits per heavy atom. The summed E-state index contributed by atoms with van der Waals surface area (Å²) in [5.74, 6) is -0.182. The van der Waals surface area contributed by atoms with Gasteiger partial charge in [0.1, 0.15) is 5.25 Å². The number of hydrogen-bond donors (Lipinski definition) is 2. The Morgan fingerprint density at radius 3 is 2.71 bits per heavy atom. The number of amides is 1. The molecule has 1 aliphatic carbocycles. The molecule has 0 saturated heterocycles. The van der Waals surface area contributed by atoms with Gasteiger partial charge in [-0.2, -0.15) is 0 Å². The standard InChI is InChI=1S/C15H21ClN2O2S/c1-10(15(19)18-12-5-3-2-4-6-12)21(20)14-9-11(17)7-8-13(14)16/h7-10,12H,2-6,17H2,1H3,(H,18,19). The molecule has 2 unspecified atom stereocenters. The lowest BCUT2D eigenvalue weighted by atomic mass is 9.95. The van der Waals surface area contributed by atoms with Crippen LogP contribution in [0.3, 0.4) is 0 Å². The fourth-order valence-electron chi connectivity index (χ4n) is 2.53. The predicted molar refractivity (Wildman–Crippen MR) is 86.8 cm³/mol. The van der Waals surface area contributed by atoms with Crippen LogP contribution in [0, 0.1) is 0 Å². The van der Waals surface area contributed by atoms with Crippen LogP contribution in [0.2, 0.25) is 5.02 Å². The zero-order valence-electron chi connectivity index (χ0n) is 12.1. The highest BCUT2D eigenvalue weighted by atomic mass is 35.5. The molecule has 2 atom stereocenters. The van der Waals surface area contributed by atoms with E-state index in [2.05, 4.69) is 5.32 Å². The van der Waals surface area contributed by atoms with Crippen LogP contribution < -0.4 is 11.1 Å². The Labute approximate surface area is 132 Å². The lowest BCUT2D eigenvalue weighted by Crippen LogP contribution is -2.42. The van der Waals surface area contributed by atoms with Crippen molar-refractivity contribution in [1.29, 1.82) is 0 Å². The largest absolute Gasteiger partial charge is 0.399 e. The highest BCUT2D eigenvalue weighted by Crippen LogP contribution is 2.25. The Bertz CT molecular complexity index is 544. The van der Waals surface area contributed by atoms with Crippen LogP contribution in [0.1, 0.15) is 39.0 Å². The van der Waals surface area contributed by atoms with E-state index in [9.17, 15) is 9.00 Å². The van der Waals surface area contributed by atoms with Crippen LogP contribution in [0.15, 0.2) is 23.1 Å². The molecular weight excluding hydrogens is 308 g/mol. The number of nitrogens with two attached hydrogens (primary N) is 1. The summed E-state index contributed by atoms with van der Waals surface area (Å²) in [5, 5.41) is 2.72. The third-order valence-corrected chi connectivity index (χ3v) is 5.88. The number of anilines is 1. The van der Waals surface area contributed by atoms with Crippen LogP contribution in [-0.2, 0) is 15.6 Å². The molecule has 4 nitrogen and oxygen atoms in total. The molecule has 0 bridgehead atoms. The molecule has 116 valence electrons. The molecule has 0 spiro atoms. The third kappa shape index (κ3) is 4.20. The zero-order valence-corrected chi connectivity index (χ0v) is 13.7. The summed E-state index contributed by atoms with van der Waals surface area (Å²) in [4.78, 5) is 12.7. The van der Waals surface area contributed by atoms with E-state index in [1.807, 2.05) is 0 Å². The van der Waals surface area contributed by atoms with Crippen LogP contribution >= 0.6 is 11.6 Å². The Hall–Kier alpha value is -1.07. The van der Waals surface area contributed by atoms with E-state index in [0.717, 1.165) is 25.7 Å². The number of carbonyl (C=O) groups excluding carboxylic acids is 1. The number of benzene rings is 1. The first-order valence-corrected chi connectivity index (χ1v) is 8.84. The van der Waals surface area contributed by atoms with Gasteiger partial charge in [0.2, 0.25) is 5.91 Å². The summed E-state index contributed by atoms with van der Waals surface area (Å²) in [6.07, 6.45) is 5.52. The number of nitrogen functional groups attached to an aromatic ring is 1. The minimum Gasteiger partial charge on any atom is -0.399 e. The molecule has 0 heterocycles.